The first-order chi connectivity index (χ1) is 11.9. The van der Waals surface area contributed by atoms with Gasteiger partial charge in [-0.2, -0.15) is 0 Å². The molecule has 2 amide bonds. The number of fused-ring (bicyclic) bond motifs is 1. The average molecular weight is 432 g/mol. The Hall–Kier alpha value is -1.65. The number of rotatable bonds is 8. The van der Waals surface area contributed by atoms with E-state index in [9.17, 15) is 13.2 Å². The van der Waals surface area contributed by atoms with Gasteiger partial charge in [-0.1, -0.05) is 13.8 Å². The summed E-state index contributed by atoms with van der Waals surface area (Å²) >= 11 is 3.39. The SMILES string of the molecule is CCN(CC)S(=O)(=O)CCNC(=O)NCc1cn2cc(Br)ccc2n1. The van der Waals surface area contributed by atoms with E-state index in [1.807, 2.05) is 28.9 Å². The molecule has 2 N–H and O–H groups in total. The Balaban J connectivity index is 1.80. The van der Waals surface area contributed by atoms with Crippen LogP contribution in [0.5, 0.6) is 0 Å². The third-order valence-corrected chi connectivity index (χ3v) is 6.13. The summed E-state index contributed by atoms with van der Waals surface area (Å²) in [7, 11) is -3.34. The van der Waals surface area contributed by atoms with Crippen molar-refractivity contribution in [3.05, 3.63) is 34.7 Å². The molecule has 2 heterocycles. The van der Waals surface area contributed by atoms with Gasteiger partial charge in [-0.25, -0.2) is 22.5 Å². The van der Waals surface area contributed by atoms with Crippen LogP contribution in [-0.2, 0) is 16.6 Å². The van der Waals surface area contributed by atoms with E-state index in [4.69, 9.17) is 0 Å². The van der Waals surface area contributed by atoms with Gasteiger partial charge < -0.3 is 15.0 Å². The van der Waals surface area contributed by atoms with Crippen LogP contribution in [0.15, 0.2) is 29.0 Å². The molecule has 0 aliphatic carbocycles. The number of carbonyl (C=O) groups is 1. The Labute approximate surface area is 155 Å². The molecular weight excluding hydrogens is 410 g/mol. The summed E-state index contributed by atoms with van der Waals surface area (Å²) in [6.45, 7) is 4.74. The van der Waals surface area contributed by atoms with Crippen LogP contribution >= 0.6 is 15.9 Å². The molecular formula is C15H22BrN5O3S. The van der Waals surface area contributed by atoms with Crippen LogP contribution in [0.1, 0.15) is 19.5 Å². The zero-order chi connectivity index (χ0) is 18.4. The van der Waals surface area contributed by atoms with Gasteiger partial charge in [0.2, 0.25) is 10.0 Å². The monoisotopic (exact) mass is 431 g/mol. The van der Waals surface area contributed by atoms with Crippen molar-refractivity contribution in [2.24, 2.45) is 0 Å². The lowest BCUT2D eigenvalue weighted by Gasteiger charge is -2.18. The third-order valence-electron chi connectivity index (χ3n) is 3.64. The molecule has 0 fully saturated rings. The van der Waals surface area contributed by atoms with Crippen LogP contribution in [-0.4, -0.2) is 53.5 Å². The second kappa shape index (κ2) is 8.63. The predicted molar refractivity (Wildman–Crippen MR) is 99.8 cm³/mol. The van der Waals surface area contributed by atoms with Crippen molar-refractivity contribution < 1.29 is 13.2 Å². The predicted octanol–water partition coefficient (Wildman–Crippen LogP) is 1.57. The second-order valence-electron chi connectivity index (χ2n) is 5.35. The minimum atomic E-state index is -3.34. The molecule has 8 nitrogen and oxygen atoms in total. The fourth-order valence-corrected chi connectivity index (χ4v) is 4.13. The first-order valence-corrected chi connectivity index (χ1v) is 10.4. The normalized spacial score (nSPS) is 11.8. The number of hydrogen-bond donors (Lipinski definition) is 2. The number of aromatic nitrogens is 2. The lowest BCUT2D eigenvalue weighted by atomic mass is 10.5. The molecule has 0 aliphatic heterocycles. The van der Waals surface area contributed by atoms with Crippen molar-refractivity contribution in [2.75, 3.05) is 25.4 Å². The molecule has 2 aromatic rings. The Morgan fingerprint density at radius 2 is 1.96 bits per heavy atom. The minimum Gasteiger partial charge on any atom is -0.337 e. The van der Waals surface area contributed by atoms with E-state index >= 15 is 0 Å². The maximum Gasteiger partial charge on any atom is 0.315 e. The van der Waals surface area contributed by atoms with Gasteiger partial charge in [0.1, 0.15) is 5.65 Å². The van der Waals surface area contributed by atoms with E-state index in [0.29, 0.717) is 18.8 Å². The molecule has 10 heteroatoms. The van der Waals surface area contributed by atoms with Crippen molar-refractivity contribution in [1.82, 2.24) is 24.3 Å². The summed E-state index contributed by atoms with van der Waals surface area (Å²) in [6, 6.07) is 3.34. The maximum absolute atomic E-state index is 12.0. The Bertz CT molecular complexity index is 833. The lowest BCUT2D eigenvalue weighted by Crippen LogP contribution is -2.40. The molecule has 0 unspecified atom stereocenters. The van der Waals surface area contributed by atoms with Gasteiger partial charge >= 0.3 is 6.03 Å². The highest BCUT2D eigenvalue weighted by Crippen LogP contribution is 2.12. The maximum atomic E-state index is 12.0. The van der Waals surface area contributed by atoms with E-state index in [2.05, 4.69) is 31.5 Å². The standard InChI is InChI=1S/C15H22BrN5O3S/c1-3-21(4-2)25(23,24)8-7-17-15(22)18-9-13-11-20-10-12(16)5-6-14(20)19-13/h5-6,10-11H,3-4,7-9H2,1-2H3,(H2,17,18,22). The van der Waals surface area contributed by atoms with E-state index in [-0.39, 0.29) is 18.8 Å². The zero-order valence-corrected chi connectivity index (χ0v) is 16.6. The molecule has 0 saturated heterocycles. The van der Waals surface area contributed by atoms with Crippen molar-refractivity contribution >= 4 is 37.6 Å². The highest BCUT2D eigenvalue weighted by molar-refractivity contribution is 9.10. The molecule has 0 radical (unpaired) electrons. The third kappa shape index (κ3) is 5.41. The average Bonchev–Trinajstić information content (AvgIpc) is 2.95. The van der Waals surface area contributed by atoms with E-state index in [0.717, 1.165) is 10.1 Å². The van der Waals surface area contributed by atoms with Gasteiger partial charge in [-0.05, 0) is 28.1 Å². The van der Waals surface area contributed by atoms with Gasteiger partial charge in [0.25, 0.3) is 0 Å². The van der Waals surface area contributed by atoms with Crippen molar-refractivity contribution in [3.8, 4) is 0 Å². The number of pyridine rings is 1. The number of sulfonamides is 1. The molecule has 0 bridgehead atoms. The number of hydrogen-bond acceptors (Lipinski definition) is 4. The van der Waals surface area contributed by atoms with E-state index in [1.165, 1.54) is 4.31 Å². The summed E-state index contributed by atoms with van der Waals surface area (Å²) in [5.41, 5.74) is 1.50. The summed E-state index contributed by atoms with van der Waals surface area (Å²) in [4.78, 5) is 16.2. The van der Waals surface area contributed by atoms with Crippen LogP contribution in [0.25, 0.3) is 5.65 Å². The van der Waals surface area contributed by atoms with Gasteiger partial charge in [0, 0.05) is 36.5 Å². The molecule has 0 atom stereocenters. The molecule has 2 rings (SSSR count). The van der Waals surface area contributed by atoms with Gasteiger partial charge in [-0.15, -0.1) is 0 Å². The Morgan fingerprint density at radius 1 is 1.24 bits per heavy atom. The molecule has 0 aliphatic rings. The van der Waals surface area contributed by atoms with Crippen LogP contribution in [0.2, 0.25) is 0 Å². The summed E-state index contributed by atoms with van der Waals surface area (Å²) < 4.78 is 28.2. The Kier molecular flexibility index (Phi) is 6.79. The highest BCUT2D eigenvalue weighted by Gasteiger charge is 2.18. The fraction of sp³-hybridized carbons (Fsp3) is 0.467. The van der Waals surface area contributed by atoms with Crippen molar-refractivity contribution in [3.63, 3.8) is 0 Å². The summed E-state index contributed by atoms with van der Waals surface area (Å²) in [6.07, 6.45) is 3.70. The van der Waals surface area contributed by atoms with Gasteiger partial charge in [0.15, 0.2) is 0 Å². The molecule has 138 valence electrons. The summed E-state index contributed by atoms with van der Waals surface area (Å²) in [5, 5.41) is 5.23. The number of imidazole rings is 1. The van der Waals surface area contributed by atoms with Crippen molar-refractivity contribution in [1.29, 1.82) is 0 Å². The number of nitrogens with one attached hydrogen (secondary N) is 2. The lowest BCUT2D eigenvalue weighted by molar-refractivity contribution is 0.241. The number of halogens is 1. The van der Waals surface area contributed by atoms with Crippen molar-refractivity contribution in [2.45, 2.75) is 20.4 Å². The topological polar surface area (TPSA) is 95.8 Å². The molecule has 2 aromatic heterocycles. The van der Waals surface area contributed by atoms with Crippen LogP contribution < -0.4 is 10.6 Å². The van der Waals surface area contributed by atoms with Gasteiger partial charge in [0.05, 0.1) is 18.0 Å². The summed E-state index contributed by atoms with van der Waals surface area (Å²) in [5.74, 6) is -0.121. The van der Waals surface area contributed by atoms with Crippen LogP contribution in [0.4, 0.5) is 4.79 Å². The fourth-order valence-electron chi connectivity index (χ4n) is 2.38. The number of amides is 2. The van der Waals surface area contributed by atoms with E-state index < -0.39 is 16.1 Å². The van der Waals surface area contributed by atoms with E-state index in [1.54, 1.807) is 13.8 Å². The smallest absolute Gasteiger partial charge is 0.315 e. The molecule has 0 saturated carbocycles. The highest BCUT2D eigenvalue weighted by atomic mass is 79.9. The van der Waals surface area contributed by atoms with Crippen LogP contribution in [0.3, 0.4) is 0 Å². The second-order valence-corrected chi connectivity index (χ2v) is 8.36. The number of carbonyl (C=O) groups excluding carboxylic acids is 1. The zero-order valence-electron chi connectivity index (χ0n) is 14.2. The quantitative estimate of drug-likeness (QED) is 0.662. The largest absolute Gasteiger partial charge is 0.337 e. The van der Waals surface area contributed by atoms with Gasteiger partial charge in [-0.3, -0.25) is 0 Å². The number of urea groups is 1. The molecule has 0 spiro atoms. The molecule has 25 heavy (non-hydrogen) atoms. The number of nitrogens with zero attached hydrogens (tertiary/aromatic N) is 3. The first kappa shape index (κ1) is 19.7. The minimum absolute atomic E-state index is 0.0583. The van der Waals surface area contributed by atoms with Crippen LogP contribution in [0, 0.1) is 0 Å². The Morgan fingerprint density at radius 3 is 2.64 bits per heavy atom. The first-order valence-electron chi connectivity index (χ1n) is 7.98. The molecule has 0 aromatic carbocycles.